The van der Waals surface area contributed by atoms with Gasteiger partial charge in [-0.3, -0.25) is 4.79 Å². The van der Waals surface area contributed by atoms with Crippen molar-refractivity contribution in [3.05, 3.63) is 69.7 Å². The van der Waals surface area contributed by atoms with Crippen LogP contribution in [-0.2, 0) is 0 Å². The first-order valence-corrected chi connectivity index (χ1v) is 5.63. The Morgan fingerprint density at radius 2 is 1.56 bits per heavy atom. The molecule has 2 aromatic carbocycles. The maximum Gasteiger partial charge on any atom is 0.193 e. The van der Waals surface area contributed by atoms with Crippen molar-refractivity contribution in [1.82, 2.24) is 0 Å². The van der Waals surface area contributed by atoms with Gasteiger partial charge in [0.1, 0.15) is 11.6 Å². The van der Waals surface area contributed by atoms with Gasteiger partial charge in [-0.1, -0.05) is 11.6 Å². The monoisotopic (exact) mass is 266 g/mol. The Labute approximate surface area is 108 Å². The number of rotatable bonds is 2. The Hall–Kier alpha value is -1.74. The molecule has 0 aliphatic rings. The summed E-state index contributed by atoms with van der Waals surface area (Å²) in [7, 11) is 0. The van der Waals surface area contributed by atoms with Gasteiger partial charge in [0.2, 0.25) is 0 Å². The van der Waals surface area contributed by atoms with E-state index in [2.05, 4.69) is 0 Å². The highest BCUT2D eigenvalue weighted by molar-refractivity contribution is 6.31. The normalized spacial score (nSPS) is 10.4. The molecule has 0 aromatic heterocycles. The van der Waals surface area contributed by atoms with Crippen molar-refractivity contribution >= 4 is 17.4 Å². The van der Waals surface area contributed by atoms with Crippen LogP contribution in [0.15, 0.2) is 36.4 Å². The molecule has 0 aliphatic heterocycles. The van der Waals surface area contributed by atoms with E-state index in [-0.39, 0.29) is 22.2 Å². The van der Waals surface area contributed by atoms with Gasteiger partial charge in [0, 0.05) is 11.1 Å². The molecule has 0 fully saturated rings. The number of halogens is 3. The minimum atomic E-state index is -0.580. The van der Waals surface area contributed by atoms with Crippen LogP contribution in [0, 0.1) is 18.6 Å². The van der Waals surface area contributed by atoms with Gasteiger partial charge in [-0.2, -0.15) is 0 Å². The Morgan fingerprint density at radius 1 is 1.00 bits per heavy atom. The molecule has 92 valence electrons. The third-order valence-electron chi connectivity index (χ3n) is 2.60. The lowest BCUT2D eigenvalue weighted by atomic mass is 10.0. The number of carbonyl (C=O) groups excluding carboxylic acids is 1. The zero-order valence-corrected chi connectivity index (χ0v) is 10.3. The molecular formula is C14H9ClF2O. The average Bonchev–Trinajstić information content (AvgIpc) is 2.35. The van der Waals surface area contributed by atoms with Gasteiger partial charge >= 0.3 is 0 Å². The second kappa shape index (κ2) is 4.86. The molecule has 18 heavy (non-hydrogen) atoms. The molecule has 2 rings (SSSR count). The summed E-state index contributed by atoms with van der Waals surface area (Å²) in [4.78, 5) is 12.1. The molecule has 0 atom stereocenters. The van der Waals surface area contributed by atoms with Crippen molar-refractivity contribution in [2.75, 3.05) is 0 Å². The molecule has 0 radical (unpaired) electrons. The lowest BCUT2D eigenvalue weighted by Gasteiger charge is -2.04. The van der Waals surface area contributed by atoms with E-state index in [1.807, 2.05) is 0 Å². The largest absolute Gasteiger partial charge is 0.289 e. The molecule has 1 nitrogen and oxygen atoms in total. The van der Waals surface area contributed by atoms with Crippen molar-refractivity contribution in [2.45, 2.75) is 6.92 Å². The molecule has 0 saturated heterocycles. The average molecular weight is 267 g/mol. The Bertz CT molecular complexity index is 570. The van der Waals surface area contributed by atoms with E-state index in [9.17, 15) is 13.6 Å². The van der Waals surface area contributed by atoms with Crippen LogP contribution in [0.3, 0.4) is 0 Å². The highest BCUT2D eigenvalue weighted by Gasteiger charge is 2.12. The van der Waals surface area contributed by atoms with E-state index in [1.54, 1.807) is 6.92 Å². The first-order chi connectivity index (χ1) is 8.49. The fourth-order valence-electron chi connectivity index (χ4n) is 1.59. The topological polar surface area (TPSA) is 17.1 Å². The van der Waals surface area contributed by atoms with Gasteiger partial charge in [0.15, 0.2) is 5.78 Å². The predicted octanol–water partition coefficient (Wildman–Crippen LogP) is 4.16. The standard InChI is InChI=1S/C14H9ClF2O/c1-8-6-9(2-4-12(8)16)14(18)10-3-5-13(17)11(15)7-10/h2-7H,1H3. The maximum atomic E-state index is 13.1. The quantitative estimate of drug-likeness (QED) is 0.746. The van der Waals surface area contributed by atoms with Crippen LogP contribution in [0.2, 0.25) is 5.02 Å². The number of aryl methyl sites for hydroxylation is 1. The summed E-state index contributed by atoms with van der Waals surface area (Å²) >= 11 is 5.61. The third kappa shape index (κ3) is 2.41. The van der Waals surface area contributed by atoms with Crippen LogP contribution < -0.4 is 0 Å². The van der Waals surface area contributed by atoms with E-state index in [1.165, 1.54) is 30.3 Å². The zero-order chi connectivity index (χ0) is 13.3. The lowest BCUT2D eigenvalue weighted by Crippen LogP contribution is -2.02. The molecule has 0 aliphatic carbocycles. The molecule has 0 heterocycles. The maximum absolute atomic E-state index is 13.1. The number of hydrogen-bond donors (Lipinski definition) is 0. The van der Waals surface area contributed by atoms with Crippen LogP contribution in [0.4, 0.5) is 8.78 Å². The van der Waals surface area contributed by atoms with Crippen molar-refractivity contribution < 1.29 is 13.6 Å². The lowest BCUT2D eigenvalue weighted by molar-refractivity contribution is 0.103. The molecule has 0 unspecified atom stereocenters. The Morgan fingerprint density at radius 3 is 2.11 bits per heavy atom. The van der Waals surface area contributed by atoms with Gasteiger partial charge in [-0.05, 0) is 48.9 Å². The van der Waals surface area contributed by atoms with E-state index < -0.39 is 5.82 Å². The van der Waals surface area contributed by atoms with Gasteiger partial charge in [0.05, 0.1) is 5.02 Å². The third-order valence-corrected chi connectivity index (χ3v) is 2.89. The number of ketones is 1. The smallest absolute Gasteiger partial charge is 0.193 e. The van der Waals surface area contributed by atoms with Gasteiger partial charge in [-0.15, -0.1) is 0 Å². The van der Waals surface area contributed by atoms with Crippen molar-refractivity contribution in [3.63, 3.8) is 0 Å². The van der Waals surface area contributed by atoms with Crippen LogP contribution in [-0.4, -0.2) is 5.78 Å². The van der Waals surface area contributed by atoms with Gasteiger partial charge in [-0.25, -0.2) is 8.78 Å². The summed E-state index contributed by atoms with van der Waals surface area (Å²) in [5.74, 6) is -1.27. The van der Waals surface area contributed by atoms with Crippen molar-refractivity contribution in [1.29, 1.82) is 0 Å². The number of hydrogen-bond acceptors (Lipinski definition) is 1. The molecule has 0 amide bonds. The number of carbonyl (C=O) groups is 1. The molecule has 0 spiro atoms. The van der Waals surface area contributed by atoms with E-state index in [0.717, 1.165) is 6.07 Å². The fourth-order valence-corrected chi connectivity index (χ4v) is 1.77. The van der Waals surface area contributed by atoms with E-state index in [0.29, 0.717) is 11.1 Å². The van der Waals surface area contributed by atoms with Gasteiger partial charge in [0.25, 0.3) is 0 Å². The highest BCUT2D eigenvalue weighted by atomic mass is 35.5. The first kappa shape index (κ1) is 12.7. The minimum absolute atomic E-state index is 0.111. The van der Waals surface area contributed by atoms with Gasteiger partial charge < -0.3 is 0 Å². The molecule has 0 bridgehead atoms. The summed E-state index contributed by atoms with van der Waals surface area (Å²) in [5.41, 5.74) is 0.998. The Balaban J connectivity index is 2.41. The van der Waals surface area contributed by atoms with Crippen molar-refractivity contribution in [3.8, 4) is 0 Å². The first-order valence-electron chi connectivity index (χ1n) is 5.25. The van der Waals surface area contributed by atoms with Crippen molar-refractivity contribution in [2.24, 2.45) is 0 Å². The fraction of sp³-hybridized carbons (Fsp3) is 0.0714. The second-order valence-electron chi connectivity index (χ2n) is 3.92. The molecule has 2 aromatic rings. The molecule has 0 N–H and O–H groups in total. The SMILES string of the molecule is Cc1cc(C(=O)c2ccc(F)c(Cl)c2)ccc1F. The molecular weight excluding hydrogens is 258 g/mol. The molecule has 0 saturated carbocycles. The summed E-state index contributed by atoms with van der Waals surface area (Å²) in [6, 6.07) is 7.82. The zero-order valence-electron chi connectivity index (χ0n) is 9.51. The van der Waals surface area contributed by atoms with Crippen LogP contribution in [0.1, 0.15) is 21.5 Å². The van der Waals surface area contributed by atoms with E-state index >= 15 is 0 Å². The summed E-state index contributed by atoms with van der Waals surface area (Å²) in [6.45, 7) is 1.57. The summed E-state index contributed by atoms with van der Waals surface area (Å²) in [5, 5.41) is -0.111. The predicted molar refractivity (Wildman–Crippen MR) is 66.0 cm³/mol. The molecule has 4 heteroatoms. The van der Waals surface area contributed by atoms with E-state index in [4.69, 9.17) is 11.6 Å². The van der Waals surface area contributed by atoms with Crippen LogP contribution >= 0.6 is 11.6 Å². The Kier molecular flexibility index (Phi) is 3.43. The highest BCUT2D eigenvalue weighted by Crippen LogP contribution is 2.19. The summed E-state index contributed by atoms with van der Waals surface area (Å²) in [6.07, 6.45) is 0. The second-order valence-corrected chi connectivity index (χ2v) is 4.33. The van der Waals surface area contributed by atoms with Crippen LogP contribution in [0.25, 0.3) is 0 Å². The number of benzene rings is 2. The summed E-state index contributed by atoms with van der Waals surface area (Å²) < 4.78 is 26.1. The van der Waals surface area contributed by atoms with Crippen LogP contribution in [0.5, 0.6) is 0 Å². The minimum Gasteiger partial charge on any atom is -0.289 e.